The molecule has 0 bridgehead atoms. The number of carbonyl (C=O) groups excluding carboxylic acids is 6. The first kappa shape index (κ1) is 35.0. The number of amides is 6. The lowest BCUT2D eigenvalue weighted by molar-refractivity contribution is -0.169. The number of benzene rings is 2. The van der Waals surface area contributed by atoms with Crippen LogP contribution in [0.25, 0.3) is 22.6 Å². The summed E-state index contributed by atoms with van der Waals surface area (Å²) in [4.78, 5) is 115. The van der Waals surface area contributed by atoms with Gasteiger partial charge in [-0.1, -0.05) is 30.3 Å². The van der Waals surface area contributed by atoms with Crippen molar-refractivity contribution >= 4 is 46.8 Å². The zero-order valence-electron chi connectivity index (χ0n) is 28.9. The Morgan fingerprint density at radius 3 is 1.96 bits per heavy atom. The van der Waals surface area contributed by atoms with Crippen molar-refractivity contribution < 1.29 is 38.2 Å². The molecule has 0 aromatic heterocycles. The second-order valence-electron chi connectivity index (χ2n) is 13.0. The minimum Gasteiger partial charge on any atom is -0.462 e. The highest BCUT2D eigenvalue weighted by atomic mass is 16.5. The number of ether oxygens (including phenoxy) is 2. The van der Waals surface area contributed by atoms with Crippen molar-refractivity contribution in [3.63, 3.8) is 0 Å². The standard InChI is InChI=1S/C35H34N8O10/c1-4-40-32(48)26-29(37-33(40)49)41(21-13-18(3)17(2)12-20(21)36-26)10-11-52-22(44)14-42-27-24(30(46)38-34(42)50)25-28(27)43(35(51)39-31(25)47)15-23(45)53-16-19-8-6-5-7-9-19/h5-9,12-13,24-25,27-28H,4,10-11,14-16H2,1-3H3,(H,38,46,50)(H,39,47,51)/t24-,25-,27-,28-/m1/s1. The van der Waals surface area contributed by atoms with Crippen LogP contribution in [0.5, 0.6) is 0 Å². The number of esters is 2. The number of aryl methyl sites for hydroxylation is 2. The molecular weight excluding hydrogens is 692 g/mol. The summed E-state index contributed by atoms with van der Waals surface area (Å²) in [7, 11) is 0. The predicted molar refractivity (Wildman–Crippen MR) is 182 cm³/mol. The van der Waals surface area contributed by atoms with Gasteiger partial charge in [0, 0.05) is 6.54 Å². The smallest absolute Gasteiger partial charge is 0.352 e. The zero-order chi connectivity index (χ0) is 37.7. The molecule has 7 rings (SSSR count). The Morgan fingerprint density at radius 1 is 0.774 bits per heavy atom. The molecule has 2 aromatic rings. The summed E-state index contributed by atoms with van der Waals surface area (Å²) >= 11 is 0. The Morgan fingerprint density at radius 2 is 1.36 bits per heavy atom. The van der Waals surface area contributed by atoms with Gasteiger partial charge < -0.3 is 23.8 Å². The zero-order valence-corrected chi connectivity index (χ0v) is 28.9. The van der Waals surface area contributed by atoms with Crippen molar-refractivity contribution in [2.24, 2.45) is 11.8 Å². The highest BCUT2D eigenvalue weighted by Crippen LogP contribution is 2.46. The lowest BCUT2D eigenvalue weighted by Gasteiger charge is -2.60. The lowest BCUT2D eigenvalue weighted by atomic mass is 9.61. The summed E-state index contributed by atoms with van der Waals surface area (Å²) in [6, 6.07) is 8.38. The lowest BCUT2D eigenvalue weighted by Crippen LogP contribution is -2.83. The molecule has 3 fully saturated rings. The molecule has 0 unspecified atom stereocenters. The van der Waals surface area contributed by atoms with Crippen LogP contribution in [-0.2, 0) is 48.3 Å². The van der Waals surface area contributed by atoms with E-state index in [-0.39, 0.29) is 37.8 Å². The number of fused-ring (bicyclic) bond motifs is 6. The molecule has 18 nitrogen and oxygen atoms in total. The Kier molecular flexibility index (Phi) is 8.96. The van der Waals surface area contributed by atoms with E-state index in [0.29, 0.717) is 16.6 Å². The average molecular weight is 727 g/mol. The maximum atomic E-state index is 13.3. The maximum absolute atomic E-state index is 13.3. The van der Waals surface area contributed by atoms with Gasteiger partial charge in [0.2, 0.25) is 11.8 Å². The first-order valence-electron chi connectivity index (χ1n) is 16.9. The van der Waals surface area contributed by atoms with Gasteiger partial charge in [-0.3, -0.25) is 39.2 Å². The Bertz CT molecular complexity index is 2300. The van der Waals surface area contributed by atoms with Crippen LogP contribution < -0.4 is 21.9 Å². The predicted octanol–water partition coefficient (Wildman–Crippen LogP) is 0.0681. The monoisotopic (exact) mass is 726 g/mol. The minimum absolute atomic E-state index is 0.0106. The van der Waals surface area contributed by atoms with Crippen LogP contribution in [-0.4, -0.2) is 96.5 Å². The van der Waals surface area contributed by atoms with Crippen LogP contribution >= 0.6 is 0 Å². The van der Waals surface area contributed by atoms with E-state index in [1.54, 1.807) is 47.9 Å². The van der Waals surface area contributed by atoms with Crippen LogP contribution in [0.3, 0.4) is 0 Å². The number of nitrogens with one attached hydrogen (secondary N) is 2. The normalized spacial score (nSPS) is 20.7. The van der Waals surface area contributed by atoms with E-state index in [9.17, 15) is 38.4 Å². The molecule has 4 heterocycles. The van der Waals surface area contributed by atoms with Crippen LogP contribution in [0.2, 0.25) is 0 Å². The molecule has 53 heavy (non-hydrogen) atoms. The van der Waals surface area contributed by atoms with E-state index in [1.807, 2.05) is 19.9 Å². The van der Waals surface area contributed by atoms with Gasteiger partial charge in [0.1, 0.15) is 26.3 Å². The summed E-state index contributed by atoms with van der Waals surface area (Å²) in [5.74, 6) is -5.38. The Labute approximate surface area is 300 Å². The van der Waals surface area contributed by atoms with Crippen molar-refractivity contribution in [2.45, 2.75) is 52.6 Å². The minimum atomic E-state index is -1.13. The van der Waals surface area contributed by atoms with Gasteiger partial charge in [0.05, 0.1) is 41.5 Å². The molecule has 18 heteroatoms. The summed E-state index contributed by atoms with van der Waals surface area (Å²) in [5, 5.41) is 4.32. The van der Waals surface area contributed by atoms with Crippen LogP contribution in [0.15, 0.2) is 52.1 Å². The van der Waals surface area contributed by atoms with Crippen molar-refractivity contribution in [2.75, 3.05) is 19.7 Å². The molecule has 1 saturated carbocycles. The van der Waals surface area contributed by atoms with E-state index < -0.39 is 84.1 Å². The molecule has 2 saturated heterocycles. The number of imide groups is 2. The second-order valence-corrected chi connectivity index (χ2v) is 13.0. The van der Waals surface area contributed by atoms with Gasteiger partial charge >= 0.3 is 29.7 Å². The molecule has 274 valence electrons. The first-order chi connectivity index (χ1) is 25.4. The van der Waals surface area contributed by atoms with E-state index in [1.165, 1.54) is 0 Å². The molecule has 2 aromatic carbocycles. The second kappa shape index (κ2) is 13.6. The van der Waals surface area contributed by atoms with Gasteiger partial charge in [0.15, 0.2) is 11.5 Å². The van der Waals surface area contributed by atoms with Gasteiger partial charge in [-0.2, -0.15) is 4.98 Å². The number of rotatable bonds is 10. The quantitative estimate of drug-likeness (QED) is 0.164. The molecule has 5 aliphatic rings. The van der Waals surface area contributed by atoms with Gasteiger partial charge in [-0.05, 0) is 49.6 Å². The third kappa shape index (κ3) is 6.14. The molecule has 4 aliphatic heterocycles. The maximum Gasteiger partial charge on any atom is 0.352 e. The summed E-state index contributed by atoms with van der Waals surface area (Å²) in [6.45, 7) is 3.85. The van der Waals surface area contributed by atoms with Crippen LogP contribution in [0, 0.1) is 25.7 Å². The highest BCUT2D eigenvalue weighted by molar-refractivity contribution is 6.08. The van der Waals surface area contributed by atoms with Crippen molar-refractivity contribution in [1.29, 1.82) is 0 Å². The molecule has 6 amide bonds. The topological polar surface area (TPSA) is 221 Å². The first-order valence-corrected chi connectivity index (χ1v) is 16.9. The van der Waals surface area contributed by atoms with E-state index >= 15 is 0 Å². The molecule has 4 atom stereocenters. The molecule has 1 aliphatic carbocycles. The fourth-order valence-corrected chi connectivity index (χ4v) is 7.23. The average Bonchev–Trinajstić information content (AvgIpc) is 3.10. The Hall–Kier alpha value is -6.46. The number of aromatic nitrogens is 4. The van der Waals surface area contributed by atoms with Crippen LogP contribution in [0.4, 0.5) is 9.59 Å². The third-order valence-electron chi connectivity index (χ3n) is 9.98. The SMILES string of the molecule is CCn1c(=O)nc2n(CCOC(=O)CN3C(=O)NC(=O)[C@@H]4[C@H]5C(=O)NC(=O)N(CC(=O)OCc6ccccc6)[C@H]5[C@@H]43)c3cc(C)c(C)cc3nc-2c1=O. The van der Waals surface area contributed by atoms with Crippen LogP contribution in [0.1, 0.15) is 23.6 Å². The fourth-order valence-electron chi connectivity index (χ4n) is 7.23. The summed E-state index contributed by atoms with van der Waals surface area (Å²) < 4.78 is 13.4. The largest absolute Gasteiger partial charge is 0.462 e. The third-order valence-corrected chi connectivity index (χ3v) is 9.98. The highest BCUT2D eigenvalue weighted by Gasteiger charge is 2.67. The van der Waals surface area contributed by atoms with Gasteiger partial charge in [-0.25, -0.2) is 19.4 Å². The molecular formula is C35H34N8O10. The van der Waals surface area contributed by atoms with E-state index in [0.717, 1.165) is 25.5 Å². The summed E-state index contributed by atoms with van der Waals surface area (Å²) in [5.41, 5.74) is 2.13. The fraction of sp³-hybridized carbons (Fsp3) is 0.371. The van der Waals surface area contributed by atoms with Crippen molar-refractivity contribution in [3.05, 3.63) is 80.0 Å². The number of nitrogens with zero attached hydrogens (tertiary/aromatic N) is 6. The van der Waals surface area contributed by atoms with E-state index in [2.05, 4.69) is 20.6 Å². The van der Waals surface area contributed by atoms with Gasteiger partial charge in [-0.15, -0.1) is 0 Å². The van der Waals surface area contributed by atoms with Crippen molar-refractivity contribution in [3.8, 4) is 11.5 Å². The molecule has 0 radical (unpaired) electrons. The Balaban J connectivity index is 1.09. The number of urea groups is 2. The number of hydrogen-bond donors (Lipinski definition) is 2. The molecule has 0 spiro atoms. The number of hydrogen-bond acceptors (Lipinski definition) is 12. The number of carbonyl (C=O) groups is 6. The van der Waals surface area contributed by atoms with Gasteiger partial charge in [0.25, 0.3) is 5.56 Å². The van der Waals surface area contributed by atoms with Crippen molar-refractivity contribution in [1.82, 2.24) is 39.5 Å². The van der Waals surface area contributed by atoms with E-state index in [4.69, 9.17) is 9.47 Å². The summed E-state index contributed by atoms with van der Waals surface area (Å²) in [6.07, 6.45) is 0. The molecule has 2 N–H and O–H groups in total.